The van der Waals surface area contributed by atoms with Crippen LogP contribution < -0.4 is 10.4 Å². The topological polar surface area (TPSA) is 29.5 Å². The Hall–Kier alpha value is -1.91. The highest BCUT2D eigenvalue weighted by molar-refractivity contribution is 6.99. The molecule has 150 valence electrons. The number of fused-ring (bicyclic) bond motifs is 1. The fourth-order valence-corrected chi connectivity index (χ4v) is 9.59. The van der Waals surface area contributed by atoms with Gasteiger partial charge in [0.05, 0.1) is 12.2 Å². The first-order chi connectivity index (χ1) is 13.8. The van der Waals surface area contributed by atoms with Gasteiger partial charge < -0.3 is 9.53 Å². The van der Waals surface area contributed by atoms with Crippen LogP contribution in [0.3, 0.4) is 0 Å². The van der Waals surface area contributed by atoms with Crippen molar-refractivity contribution in [3.63, 3.8) is 0 Å². The molecule has 2 nitrogen and oxygen atoms in total. The maximum absolute atomic E-state index is 11.0. The summed E-state index contributed by atoms with van der Waals surface area (Å²) < 4.78 is 7.16. The van der Waals surface area contributed by atoms with E-state index in [1.165, 1.54) is 10.4 Å². The molecule has 29 heavy (non-hydrogen) atoms. The van der Waals surface area contributed by atoms with E-state index in [0.29, 0.717) is 11.4 Å². The number of hydrogen-bond acceptors (Lipinski definition) is 2. The molecular weight excluding hydrogens is 396 g/mol. The maximum atomic E-state index is 11.0. The molecule has 0 aromatic heterocycles. The summed E-state index contributed by atoms with van der Waals surface area (Å²) in [4.78, 5) is 0. The normalized spacial score (nSPS) is 19.2. The number of aliphatic hydroxyl groups is 1. The van der Waals surface area contributed by atoms with Crippen LogP contribution in [0.1, 0.15) is 38.0 Å². The van der Waals surface area contributed by atoms with Crippen molar-refractivity contribution in [3.05, 3.63) is 95.0 Å². The third kappa shape index (κ3) is 3.47. The lowest BCUT2D eigenvalue weighted by Crippen LogP contribution is -2.67. The lowest BCUT2D eigenvalue weighted by Gasteiger charge is -2.45. The minimum atomic E-state index is -2.77. The van der Waals surface area contributed by atoms with Gasteiger partial charge in [-0.15, -0.1) is 0 Å². The summed E-state index contributed by atoms with van der Waals surface area (Å²) in [5.41, 5.74) is 2.02. The molecule has 0 radical (unpaired) electrons. The molecule has 0 aliphatic heterocycles. The van der Waals surface area contributed by atoms with Crippen molar-refractivity contribution in [2.75, 3.05) is 0 Å². The van der Waals surface area contributed by atoms with E-state index < -0.39 is 20.5 Å². The molecule has 1 N–H and O–H groups in total. The molecule has 1 aliphatic rings. The average Bonchev–Trinajstić information content (AvgIpc) is 3.02. The van der Waals surface area contributed by atoms with Crippen molar-refractivity contribution >= 4 is 30.3 Å². The van der Waals surface area contributed by atoms with Gasteiger partial charge in [0.2, 0.25) is 0 Å². The third-order valence-electron chi connectivity index (χ3n) is 5.93. The van der Waals surface area contributed by atoms with Crippen molar-refractivity contribution in [3.8, 4) is 0 Å². The van der Waals surface area contributed by atoms with Gasteiger partial charge in [0.15, 0.2) is 0 Å². The largest absolute Gasteiger partial charge is 0.398 e. The van der Waals surface area contributed by atoms with Crippen molar-refractivity contribution < 1.29 is 9.53 Å². The van der Waals surface area contributed by atoms with Crippen LogP contribution in [0.5, 0.6) is 0 Å². The van der Waals surface area contributed by atoms with Gasteiger partial charge in [-0.3, -0.25) is 0 Å². The lowest BCUT2D eigenvalue weighted by atomic mass is 10.1. The molecule has 0 spiro atoms. The van der Waals surface area contributed by atoms with Gasteiger partial charge in [0.1, 0.15) is 0 Å². The van der Waals surface area contributed by atoms with Gasteiger partial charge in [0.25, 0.3) is 8.32 Å². The standard InChI is InChI=1S/C25H27ClO2Si/c1-25(2,3)29(19-12-6-4-7-13-19,20-14-8-5-9-15-20)28-24-22(27)17-18-11-10-16-21(26)23(18)24/h4-16,22,24,27H,17H2,1-3H3/t22-,24+/m1/s1. The summed E-state index contributed by atoms with van der Waals surface area (Å²) in [5, 5.41) is 13.9. The quantitative estimate of drug-likeness (QED) is 0.607. The first kappa shape index (κ1) is 20.4. The molecule has 0 fully saturated rings. The molecule has 1 aliphatic carbocycles. The van der Waals surface area contributed by atoms with E-state index >= 15 is 0 Å². The molecule has 4 rings (SSSR count). The van der Waals surface area contributed by atoms with Crippen molar-refractivity contribution in [1.82, 2.24) is 0 Å². The number of aliphatic hydroxyl groups excluding tert-OH is 1. The summed E-state index contributed by atoms with van der Waals surface area (Å²) in [6, 6.07) is 26.9. The highest BCUT2D eigenvalue weighted by atomic mass is 35.5. The smallest absolute Gasteiger partial charge is 0.262 e. The molecular formula is C25H27ClO2Si. The number of halogens is 1. The van der Waals surface area contributed by atoms with E-state index in [9.17, 15) is 5.11 Å². The SMILES string of the molecule is CC(C)(C)[Si](O[C@@H]1c2c(Cl)cccc2C[C@H]1O)(c1ccccc1)c1ccccc1. The average molecular weight is 423 g/mol. The van der Waals surface area contributed by atoms with Crippen LogP contribution in [0.2, 0.25) is 10.1 Å². The summed E-state index contributed by atoms with van der Waals surface area (Å²) in [5.74, 6) is 0. The number of rotatable bonds is 4. The van der Waals surface area contributed by atoms with E-state index in [1.54, 1.807) is 0 Å². The molecule has 3 aromatic rings. The van der Waals surface area contributed by atoms with Crippen LogP contribution >= 0.6 is 11.6 Å². The second-order valence-electron chi connectivity index (χ2n) is 8.79. The molecule has 4 heteroatoms. The Kier molecular flexibility index (Phi) is 5.43. The predicted molar refractivity (Wildman–Crippen MR) is 123 cm³/mol. The Morgan fingerprint density at radius 2 is 1.41 bits per heavy atom. The monoisotopic (exact) mass is 422 g/mol. The van der Waals surface area contributed by atoms with E-state index in [0.717, 1.165) is 11.1 Å². The Labute approximate surface area is 179 Å². The maximum Gasteiger partial charge on any atom is 0.262 e. The predicted octanol–water partition coefficient (Wildman–Crippen LogP) is 4.87. The zero-order valence-electron chi connectivity index (χ0n) is 17.1. The second kappa shape index (κ2) is 7.73. The summed E-state index contributed by atoms with van der Waals surface area (Å²) in [7, 11) is -2.77. The molecule has 3 aromatic carbocycles. The van der Waals surface area contributed by atoms with Crippen LogP contribution in [-0.2, 0) is 10.8 Å². The van der Waals surface area contributed by atoms with Gasteiger partial charge in [-0.25, -0.2) is 0 Å². The molecule has 0 heterocycles. The molecule has 0 saturated carbocycles. The Morgan fingerprint density at radius 3 is 1.93 bits per heavy atom. The highest BCUT2D eigenvalue weighted by Gasteiger charge is 2.53. The van der Waals surface area contributed by atoms with Gasteiger partial charge >= 0.3 is 0 Å². The molecule has 0 unspecified atom stereocenters. The van der Waals surface area contributed by atoms with Crippen molar-refractivity contribution in [2.45, 2.75) is 44.4 Å². The lowest BCUT2D eigenvalue weighted by molar-refractivity contribution is 0.0431. The fourth-order valence-electron chi connectivity index (χ4n) is 4.62. The minimum absolute atomic E-state index is 0.153. The first-order valence-electron chi connectivity index (χ1n) is 10.1. The Bertz CT molecular complexity index is 943. The summed E-state index contributed by atoms with van der Waals surface area (Å²) >= 11 is 6.59. The fraction of sp³-hybridized carbons (Fsp3) is 0.280. The van der Waals surface area contributed by atoms with E-state index in [-0.39, 0.29) is 5.04 Å². The molecule has 2 atom stereocenters. The van der Waals surface area contributed by atoms with E-state index in [1.807, 2.05) is 30.3 Å². The van der Waals surface area contributed by atoms with Crippen LogP contribution in [-0.4, -0.2) is 19.5 Å². The zero-order chi connectivity index (χ0) is 20.6. The van der Waals surface area contributed by atoms with Crippen molar-refractivity contribution in [1.29, 1.82) is 0 Å². The van der Waals surface area contributed by atoms with Crippen LogP contribution in [0.15, 0.2) is 78.9 Å². The second-order valence-corrected chi connectivity index (χ2v) is 13.4. The Balaban J connectivity index is 1.93. The minimum Gasteiger partial charge on any atom is -0.398 e. The van der Waals surface area contributed by atoms with E-state index in [4.69, 9.17) is 16.0 Å². The van der Waals surface area contributed by atoms with Crippen molar-refractivity contribution in [2.24, 2.45) is 0 Å². The zero-order valence-corrected chi connectivity index (χ0v) is 18.9. The van der Waals surface area contributed by atoms with Gasteiger partial charge in [-0.1, -0.05) is 105 Å². The first-order valence-corrected chi connectivity index (χ1v) is 12.4. The van der Waals surface area contributed by atoms with Gasteiger partial charge in [0, 0.05) is 17.0 Å². The van der Waals surface area contributed by atoms with E-state index in [2.05, 4.69) is 69.3 Å². The Morgan fingerprint density at radius 1 is 0.862 bits per heavy atom. The summed E-state index contributed by atoms with van der Waals surface area (Å²) in [6.45, 7) is 6.73. The van der Waals surface area contributed by atoms with Crippen LogP contribution in [0, 0.1) is 0 Å². The molecule has 0 bridgehead atoms. The number of benzene rings is 3. The van der Waals surface area contributed by atoms with Crippen LogP contribution in [0.4, 0.5) is 0 Å². The van der Waals surface area contributed by atoms with Gasteiger partial charge in [-0.05, 0) is 27.0 Å². The summed E-state index contributed by atoms with van der Waals surface area (Å²) in [6.07, 6.45) is -0.477. The number of hydrogen-bond donors (Lipinski definition) is 1. The highest BCUT2D eigenvalue weighted by Crippen LogP contribution is 2.45. The molecule has 0 saturated heterocycles. The molecule has 0 amide bonds. The van der Waals surface area contributed by atoms with Crippen LogP contribution in [0.25, 0.3) is 0 Å². The van der Waals surface area contributed by atoms with Gasteiger partial charge in [-0.2, -0.15) is 0 Å². The third-order valence-corrected chi connectivity index (χ3v) is 11.3.